The van der Waals surface area contributed by atoms with Crippen molar-refractivity contribution in [1.29, 1.82) is 0 Å². The second-order valence-electron chi connectivity index (χ2n) is 6.58. The number of pyridine rings is 2. The molecule has 9 heteroatoms. The van der Waals surface area contributed by atoms with E-state index in [4.69, 9.17) is 11.5 Å². The van der Waals surface area contributed by atoms with Crippen LogP contribution in [0, 0.1) is 5.41 Å². The smallest absolute Gasteiger partial charge is 0.383 e. The van der Waals surface area contributed by atoms with Gasteiger partial charge in [0.25, 0.3) is 0 Å². The van der Waals surface area contributed by atoms with Crippen molar-refractivity contribution in [2.45, 2.75) is 20.0 Å². The molecule has 0 aromatic carbocycles. The fourth-order valence-corrected chi connectivity index (χ4v) is 2.10. The Morgan fingerprint density at radius 3 is 2.50 bits per heavy atom. The number of nitrogens with one attached hydrogen (secondary N) is 1. The van der Waals surface area contributed by atoms with Gasteiger partial charge in [-0.2, -0.15) is 13.2 Å². The number of carbonyl (C=O) groups excluding carboxylic acids is 1. The van der Waals surface area contributed by atoms with Crippen LogP contribution in [0.5, 0.6) is 0 Å². The Labute approximate surface area is 148 Å². The highest BCUT2D eigenvalue weighted by molar-refractivity contribution is 6.11. The summed E-state index contributed by atoms with van der Waals surface area (Å²) in [5.41, 5.74) is 8.97. The lowest BCUT2D eigenvalue weighted by atomic mass is 9.94. The highest BCUT2D eigenvalue weighted by Crippen LogP contribution is 2.33. The highest BCUT2D eigenvalue weighted by Gasteiger charge is 2.37. The third kappa shape index (κ3) is 4.48. The van der Waals surface area contributed by atoms with E-state index in [2.05, 4.69) is 15.3 Å². The zero-order valence-corrected chi connectivity index (χ0v) is 14.4. The van der Waals surface area contributed by atoms with Crippen LogP contribution in [0.2, 0.25) is 0 Å². The molecule has 0 saturated heterocycles. The van der Waals surface area contributed by atoms with Crippen LogP contribution < -0.4 is 16.8 Å². The molecule has 140 valence electrons. The van der Waals surface area contributed by atoms with E-state index in [9.17, 15) is 18.0 Å². The molecular formula is C17H20F3N5O. The zero-order valence-electron chi connectivity index (χ0n) is 14.4. The molecule has 2 aromatic rings. The molecule has 0 atom stereocenters. The SMILES string of the molecule is CC(C)(CN)CNc1ccc(C(F)(F)F)c(C(=O)c2cccnc2N)n1. The standard InChI is InChI=1S/C17H20F3N5O/c1-16(2,8-21)9-24-12-6-5-11(17(18,19)20)13(25-12)14(26)10-4-3-7-23-15(10)22/h3-7H,8-9,21H2,1-2H3,(H2,22,23)(H,24,25). The summed E-state index contributed by atoms with van der Waals surface area (Å²) < 4.78 is 39.9. The molecule has 6 nitrogen and oxygen atoms in total. The summed E-state index contributed by atoms with van der Waals surface area (Å²) >= 11 is 0. The Morgan fingerprint density at radius 1 is 1.23 bits per heavy atom. The highest BCUT2D eigenvalue weighted by atomic mass is 19.4. The molecular weight excluding hydrogens is 347 g/mol. The van der Waals surface area contributed by atoms with E-state index in [0.29, 0.717) is 13.1 Å². The van der Waals surface area contributed by atoms with E-state index in [0.717, 1.165) is 6.07 Å². The Kier molecular flexibility index (Phi) is 5.50. The first kappa shape index (κ1) is 19.6. The summed E-state index contributed by atoms with van der Waals surface area (Å²) in [5.74, 6) is -0.954. The third-order valence-corrected chi connectivity index (χ3v) is 3.80. The minimum atomic E-state index is -4.73. The van der Waals surface area contributed by atoms with Crippen molar-refractivity contribution < 1.29 is 18.0 Å². The van der Waals surface area contributed by atoms with Gasteiger partial charge in [-0.3, -0.25) is 4.79 Å². The van der Waals surface area contributed by atoms with Crippen LogP contribution in [-0.2, 0) is 6.18 Å². The molecule has 26 heavy (non-hydrogen) atoms. The summed E-state index contributed by atoms with van der Waals surface area (Å²) in [7, 11) is 0. The fourth-order valence-electron chi connectivity index (χ4n) is 2.10. The predicted molar refractivity (Wildman–Crippen MR) is 92.6 cm³/mol. The maximum absolute atomic E-state index is 13.3. The van der Waals surface area contributed by atoms with E-state index < -0.39 is 23.2 Å². The van der Waals surface area contributed by atoms with Gasteiger partial charge in [-0.1, -0.05) is 13.8 Å². The normalized spacial score (nSPS) is 12.1. The Morgan fingerprint density at radius 2 is 1.92 bits per heavy atom. The van der Waals surface area contributed by atoms with Crippen LogP contribution in [0.25, 0.3) is 0 Å². The quantitative estimate of drug-likeness (QED) is 0.678. The van der Waals surface area contributed by atoms with Gasteiger partial charge in [-0.05, 0) is 36.2 Å². The van der Waals surface area contributed by atoms with Gasteiger partial charge in [0.15, 0.2) is 0 Å². The maximum Gasteiger partial charge on any atom is 0.418 e. The monoisotopic (exact) mass is 367 g/mol. The molecule has 0 unspecified atom stereocenters. The topological polar surface area (TPSA) is 107 Å². The number of nitrogen functional groups attached to an aromatic ring is 1. The average Bonchev–Trinajstić information content (AvgIpc) is 2.59. The van der Waals surface area contributed by atoms with Gasteiger partial charge >= 0.3 is 6.18 Å². The van der Waals surface area contributed by atoms with Gasteiger partial charge in [0, 0.05) is 12.7 Å². The number of carbonyl (C=O) groups is 1. The Bertz CT molecular complexity index is 805. The molecule has 0 aliphatic carbocycles. The van der Waals surface area contributed by atoms with E-state index in [1.165, 1.54) is 24.4 Å². The van der Waals surface area contributed by atoms with Crippen molar-refractivity contribution in [1.82, 2.24) is 9.97 Å². The van der Waals surface area contributed by atoms with E-state index in [-0.39, 0.29) is 22.6 Å². The van der Waals surface area contributed by atoms with Crippen molar-refractivity contribution >= 4 is 17.4 Å². The van der Waals surface area contributed by atoms with Gasteiger partial charge in [0.05, 0.1) is 11.1 Å². The lowest BCUT2D eigenvalue weighted by molar-refractivity contribution is -0.138. The molecule has 0 radical (unpaired) electrons. The van der Waals surface area contributed by atoms with Crippen LogP contribution >= 0.6 is 0 Å². The number of alkyl halides is 3. The predicted octanol–water partition coefficient (Wildman–Crippen LogP) is 2.71. The summed E-state index contributed by atoms with van der Waals surface area (Å²) in [6.45, 7) is 4.54. The first-order valence-electron chi connectivity index (χ1n) is 7.82. The molecule has 0 spiro atoms. The van der Waals surface area contributed by atoms with E-state index in [1.807, 2.05) is 13.8 Å². The van der Waals surface area contributed by atoms with Crippen LogP contribution in [0.15, 0.2) is 30.5 Å². The minimum Gasteiger partial charge on any atom is -0.383 e. The molecule has 0 amide bonds. The maximum atomic E-state index is 13.3. The lowest BCUT2D eigenvalue weighted by Gasteiger charge is -2.23. The second-order valence-corrected chi connectivity index (χ2v) is 6.58. The van der Waals surface area contributed by atoms with E-state index >= 15 is 0 Å². The zero-order chi connectivity index (χ0) is 19.5. The fraction of sp³-hybridized carbons (Fsp3) is 0.353. The molecule has 2 rings (SSSR count). The largest absolute Gasteiger partial charge is 0.418 e. The average molecular weight is 367 g/mol. The van der Waals surface area contributed by atoms with Crippen LogP contribution in [0.4, 0.5) is 24.8 Å². The van der Waals surface area contributed by atoms with Crippen molar-refractivity contribution in [2.75, 3.05) is 24.1 Å². The summed E-state index contributed by atoms with van der Waals surface area (Å²) in [5, 5.41) is 2.92. The molecule has 0 bridgehead atoms. The third-order valence-electron chi connectivity index (χ3n) is 3.80. The first-order valence-corrected chi connectivity index (χ1v) is 7.82. The van der Waals surface area contributed by atoms with Crippen LogP contribution in [-0.4, -0.2) is 28.8 Å². The number of nitrogens with zero attached hydrogens (tertiary/aromatic N) is 2. The van der Waals surface area contributed by atoms with Crippen molar-refractivity contribution in [3.63, 3.8) is 0 Å². The van der Waals surface area contributed by atoms with Crippen LogP contribution in [0.3, 0.4) is 0 Å². The lowest BCUT2D eigenvalue weighted by Crippen LogP contribution is -2.31. The number of nitrogens with two attached hydrogens (primary N) is 2. The van der Waals surface area contributed by atoms with Crippen molar-refractivity contribution in [3.05, 3.63) is 47.3 Å². The second kappa shape index (κ2) is 7.28. The number of anilines is 2. The number of hydrogen-bond donors (Lipinski definition) is 3. The molecule has 2 aromatic heterocycles. The number of rotatable bonds is 6. The van der Waals surface area contributed by atoms with Gasteiger partial charge in [0.1, 0.15) is 17.3 Å². The Hall–Kier alpha value is -2.68. The molecule has 5 N–H and O–H groups in total. The summed E-state index contributed by atoms with van der Waals surface area (Å²) in [4.78, 5) is 20.2. The van der Waals surface area contributed by atoms with Gasteiger partial charge < -0.3 is 16.8 Å². The number of halogens is 3. The summed E-state index contributed by atoms with van der Waals surface area (Å²) in [6.07, 6.45) is -3.39. The number of ketones is 1. The van der Waals surface area contributed by atoms with Gasteiger partial charge in [-0.25, -0.2) is 9.97 Å². The Balaban J connectivity index is 2.45. The number of hydrogen-bond acceptors (Lipinski definition) is 6. The minimum absolute atomic E-state index is 0.134. The summed E-state index contributed by atoms with van der Waals surface area (Å²) in [6, 6.07) is 4.73. The molecule has 2 heterocycles. The van der Waals surface area contributed by atoms with Crippen molar-refractivity contribution in [2.24, 2.45) is 11.1 Å². The molecule has 0 saturated carbocycles. The molecule has 0 aliphatic rings. The van der Waals surface area contributed by atoms with Crippen molar-refractivity contribution in [3.8, 4) is 0 Å². The number of aromatic nitrogens is 2. The molecule has 0 fully saturated rings. The van der Waals surface area contributed by atoms with Crippen LogP contribution in [0.1, 0.15) is 35.5 Å². The van der Waals surface area contributed by atoms with Gasteiger partial charge in [0.2, 0.25) is 5.78 Å². The van der Waals surface area contributed by atoms with E-state index in [1.54, 1.807) is 0 Å². The molecule has 0 aliphatic heterocycles. The first-order chi connectivity index (χ1) is 12.0. The van der Waals surface area contributed by atoms with Gasteiger partial charge in [-0.15, -0.1) is 0 Å².